The Morgan fingerprint density at radius 2 is 2.18 bits per heavy atom. The highest BCUT2D eigenvalue weighted by atomic mass is 35.5. The number of aromatic nitrogens is 2. The van der Waals surface area contributed by atoms with Crippen LogP contribution in [0.5, 0.6) is 0 Å². The lowest BCUT2D eigenvalue weighted by Gasteiger charge is -2.03. The van der Waals surface area contributed by atoms with Gasteiger partial charge in [-0.2, -0.15) is 0 Å². The molecule has 2 rings (SSSR count). The summed E-state index contributed by atoms with van der Waals surface area (Å²) in [5.41, 5.74) is 0.525. The second kappa shape index (κ2) is 4.63. The Hall–Kier alpha value is -1.75. The molecule has 0 radical (unpaired) electrons. The number of fused-ring (bicyclic) bond motifs is 1. The molecule has 0 saturated heterocycles. The van der Waals surface area contributed by atoms with Crippen LogP contribution >= 0.6 is 11.6 Å². The fraction of sp³-hybridized carbons (Fsp3) is 0.273. The van der Waals surface area contributed by atoms with Crippen LogP contribution in [0.3, 0.4) is 0 Å². The van der Waals surface area contributed by atoms with Gasteiger partial charge in [0.05, 0.1) is 10.4 Å². The Kier molecular flexibility index (Phi) is 3.19. The summed E-state index contributed by atoms with van der Waals surface area (Å²) >= 11 is 6.01. The van der Waals surface area contributed by atoms with Gasteiger partial charge >= 0.3 is 0 Å². The van der Waals surface area contributed by atoms with Crippen molar-refractivity contribution in [2.75, 3.05) is 0 Å². The lowest BCUT2D eigenvalue weighted by Crippen LogP contribution is -1.97. The molecule has 1 aromatic carbocycles. The first-order valence-corrected chi connectivity index (χ1v) is 5.60. The molecule has 6 heteroatoms. The smallest absolute Gasteiger partial charge is 0.258 e. The van der Waals surface area contributed by atoms with Gasteiger partial charge in [-0.1, -0.05) is 18.5 Å². The molecule has 0 aliphatic carbocycles. The number of halogens is 1. The number of hydrogen-bond acceptors (Lipinski definition) is 4. The number of benzene rings is 1. The molecule has 0 aliphatic heterocycles. The largest absolute Gasteiger partial charge is 0.271 e. The molecular formula is C11H10ClN3O2. The third-order valence-electron chi connectivity index (χ3n) is 2.36. The third-order valence-corrected chi connectivity index (χ3v) is 2.65. The van der Waals surface area contributed by atoms with Gasteiger partial charge in [-0.05, 0) is 12.5 Å². The van der Waals surface area contributed by atoms with E-state index in [-0.39, 0.29) is 5.69 Å². The predicted octanol–water partition coefficient (Wildman–Crippen LogP) is 3.14. The fourth-order valence-electron chi connectivity index (χ4n) is 1.57. The second-order valence-electron chi connectivity index (χ2n) is 3.64. The molecule has 0 spiro atoms. The molecular weight excluding hydrogens is 242 g/mol. The van der Waals surface area contributed by atoms with Crippen molar-refractivity contribution in [1.29, 1.82) is 0 Å². The van der Waals surface area contributed by atoms with E-state index in [4.69, 9.17) is 11.6 Å². The first-order chi connectivity index (χ1) is 8.11. The van der Waals surface area contributed by atoms with Gasteiger partial charge in [0.2, 0.25) is 0 Å². The standard InChI is InChI=1S/C11H10ClN3O2/c1-2-3-10-13-9-6-7(15(16)17)4-5-8(9)11(12)14-10/h4-6H,2-3H2,1H3. The molecule has 88 valence electrons. The van der Waals surface area contributed by atoms with E-state index < -0.39 is 4.92 Å². The summed E-state index contributed by atoms with van der Waals surface area (Å²) in [5, 5.41) is 11.6. The number of aryl methyl sites for hydroxylation is 1. The Labute approximate surface area is 103 Å². The van der Waals surface area contributed by atoms with Gasteiger partial charge in [-0.25, -0.2) is 9.97 Å². The molecule has 1 heterocycles. The van der Waals surface area contributed by atoms with Gasteiger partial charge in [0.15, 0.2) is 0 Å². The van der Waals surface area contributed by atoms with Crippen molar-refractivity contribution in [1.82, 2.24) is 9.97 Å². The van der Waals surface area contributed by atoms with Crippen LogP contribution in [0.25, 0.3) is 10.9 Å². The summed E-state index contributed by atoms with van der Waals surface area (Å²) in [6.45, 7) is 2.01. The van der Waals surface area contributed by atoms with E-state index in [9.17, 15) is 10.1 Å². The molecule has 17 heavy (non-hydrogen) atoms. The number of nitrogens with zero attached hydrogens (tertiary/aromatic N) is 3. The molecule has 0 fully saturated rings. The zero-order valence-corrected chi connectivity index (χ0v) is 9.94. The van der Waals surface area contributed by atoms with Crippen molar-refractivity contribution in [3.8, 4) is 0 Å². The average molecular weight is 252 g/mol. The molecule has 0 aliphatic rings. The summed E-state index contributed by atoms with van der Waals surface area (Å²) in [7, 11) is 0. The number of nitro groups is 1. The van der Waals surface area contributed by atoms with Gasteiger partial charge in [0.1, 0.15) is 11.0 Å². The number of non-ortho nitro benzene ring substituents is 1. The first kappa shape index (κ1) is 11.7. The Balaban J connectivity index is 2.62. The highest BCUT2D eigenvalue weighted by Crippen LogP contribution is 2.24. The predicted molar refractivity (Wildman–Crippen MR) is 65.2 cm³/mol. The minimum absolute atomic E-state index is 0.00900. The minimum Gasteiger partial charge on any atom is -0.258 e. The summed E-state index contributed by atoms with van der Waals surface area (Å²) in [5.74, 6) is 0.616. The minimum atomic E-state index is -0.449. The topological polar surface area (TPSA) is 68.9 Å². The Morgan fingerprint density at radius 3 is 2.82 bits per heavy atom. The zero-order chi connectivity index (χ0) is 12.4. The van der Waals surface area contributed by atoms with Crippen molar-refractivity contribution >= 4 is 28.2 Å². The third kappa shape index (κ3) is 2.34. The van der Waals surface area contributed by atoms with Crippen LogP contribution < -0.4 is 0 Å². The number of hydrogen-bond donors (Lipinski definition) is 0. The lowest BCUT2D eigenvalue weighted by atomic mass is 10.2. The van der Waals surface area contributed by atoms with Gasteiger partial charge in [0.25, 0.3) is 5.69 Å². The van der Waals surface area contributed by atoms with E-state index in [0.717, 1.165) is 6.42 Å². The van der Waals surface area contributed by atoms with Crippen molar-refractivity contribution in [2.24, 2.45) is 0 Å². The van der Waals surface area contributed by atoms with E-state index in [1.165, 1.54) is 12.1 Å². The lowest BCUT2D eigenvalue weighted by molar-refractivity contribution is -0.384. The van der Waals surface area contributed by atoms with Gasteiger partial charge < -0.3 is 0 Å². The highest BCUT2D eigenvalue weighted by molar-refractivity contribution is 6.34. The maximum absolute atomic E-state index is 10.7. The molecule has 1 aromatic heterocycles. The molecule has 0 atom stereocenters. The quantitative estimate of drug-likeness (QED) is 0.477. The average Bonchev–Trinajstić information content (AvgIpc) is 2.28. The molecule has 2 aromatic rings. The van der Waals surface area contributed by atoms with Crippen molar-refractivity contribution < 1.29 is 4.92 Å². The van der Waals surface area contributed by atoms with Crippen molar-refractivity contribution in [2.45, 2.75) is 19.8 Å². The van der Waals surface area contributed by atoms with Crippen molar-refractivity contribution in [3.05, 3.63) is 39.3 Å². The molecule has 5 nitrogen and oxygen atoms in total. The Bertz CT molecular complexity index is 586. The van der Waals surface area contributed by atoms with Crippen LogP contribution in [-0.2, 0) is 6.42 Å². The summed E-state index contributed by atoms with van der Waals surface area (Å²) in [4.78, 5) is 18.6. The zero-order valence-electron chi connectivity index (χ0n) is 9.18. The van der Waals surface area contributed by atoms with Gasteiger partial charge in [0, 0.05) is 23.9 Å². The molecule has 0 unspecified atom stereocenters. The summed E-state index contributed by atoms with van der Waals surface area (Å²) < 4.78 is 0. The van der Waals surface area contributed by atoms with Crippen LogP contribution in [0.1, 0.15) is 19.2 Å². The maximum atomic E-state index is 10.7. The fourth-order valence-corrected chi connectivity index (χ4v) is 1.83. The molecule has 0 saturated carbocycles. The van der Waals surface area contributed by atoms with Crippen LogP contribution in [0.2, 0.25) is 5.15 Å². The van der Waals surface area contributed by atoms with E-state index in [2.05, 4.69) is 9.97 Å². The summed E-state index contributed by atoms with van der Waals surface area (Å²) in [6.07, 6.45) is 1.61. The van der Waals surface area contributed by atoms with Crippen LogP contribution in [0.15, 0.2) is 18.2 Å². The second-order valence-corrected chi connectivity index (χ2v) is 4.00. The van der Waals surface area contributed by atoms with Crippen LogP contribution in [-0.4, -0.2) is 14.9 Å². The van der Waals surface area contributed by atoms with Crippen LogP contribution in [0, 0.1) is 10.1 Å². The number of rotatable bonds is 3. The van der Waals surface area contributed by atoms with E-state index >= 15 is 0 Å². The van der Waals surface area contributed by atoms with E-state index in [1.54, 1.807) is 6.07 Å². The van der Waals surface area contributed by atoms with Gasteiger partial charge in [-0.15, -0.1) is 0 Å². The maximum Gasteiger partial charge on any atom is 0.271 e. The van der Waals surface area contributed by atoms with E-state index in [1.807, 2.05) is 6.92 Å². The monoisotopic (exact) mass is 251 g/mol. The molecule has 0 bridgehead atoms. The van der Waals surface area contributed by atoms with Gasteiger partial charge in [-0.3, -0.25) is 10.1 Å². The summed E-state index contributed by atoms with van der Waals surface area (Å²) in [6, 6.07) is 4.39. The first-order valence-electron chi connectivity index (χ1n) is 5.22. The molecule has 0 N–H and O–H groups in total. The highest BCUT2D eigenvalue weighted by Gasteiger charge is 2.11. The SMILES string of the molecule is CCCc1nc(Cl)c2ccc([N+](=O)[O-])cc2n1. The molecule has 0 amide bonds. The normalized spacial score (nSPS) is 10.7. The Morgan fingerprint density at radius 1 is 1.41 bits per heavy atom. The van der Waals surface area contributed by atoms with Crippen molar-refractivity contribution in [3.63, 3.8) is 0 Å². The van der Waals surface area contributed by atoms with Crippen LogP contribution in [0.4, 0.5) is 5.69 Å². The van der Waals surface area contributed by atoms with E-state index in [0.29, 0.717) is 28.3 Å². The number of nitro benzene ring substituents is 1.